The van der Waals surface area contributed by atoms with Crippen molar-refractivity contribution in [1.29, 1.82) is 0 Å². The average molecular weight is 424 g/mol. The molecule has 0 N–H and O–H groups in total. The molecule has 1 aliphatic rings. The van der Waals surface area contributed by atoms with Crippen molar-refractivity contribution < 1.29 is 9.13 Å². The highest BCUT2D eigenvalue weighted by molar-refractivity contribution is 7.98. The molecule has 3 aromatic rings. The molecule has 0 saturated carbocycles. The Kier molecular flexibility index (Phi) is 5.82. The molecule has 142 valence electrons. The number of nitrogens with zero attached hydrogens (tertiary/aromatic N) is 3. The normalized spacial score (nSPS) is 16.9. The molecule has 0 radical (unpaired) electrons. The minimum Gasteiger partial charge on any atom is -0.376 e. The molecule has 2 aromatic heterocycles. The van der Waals surface area contributed by atoms with Crippen LogP contribution in [0.4, 0.5) is 4.39 Å². The van der Waals surface area contributed by atoms with Gasteiger partial charge in [-0.3, -0.25) is 4.57 Å². The summed E-state index contributed by atoms with van der Waals surface area (Å²) in [5.74, 6) is 1.14. The van der Waals surface area contributed by atoms with E-state index in [1.165, 1.54) is 17.0 Å². The van der Waals surface area contributed by atoms with Crippen LogP contribution in [-0.4, -0.2) is 27.5 Å². The van der Waals surface area contributed by atoms with Gasteiger partial charge in [-0.1, -0.05) is 29.4 Å². The fourth-order valence-corrected chi connectivity index (χ4v) is 5.05. The number of ether oxygens (including phenoxy) is 1. The van der Waals surface area contributed by atoms with Gasteiger partial charge in [-0.15, -0.1) is 21.5 Å². The zero-order chi connectivity index (χ0) is 18.8. The summed E-state index contributed by atoms with van der Waals surface area (Å²) < 4.78 is 21.2. The van der Waals surface area contributed by atoms with Crippen LogP contribution in [0.5, 0.6) is 0 Å². The average Bonchev–Trinajstić information content (AvgIpc) is 3.37. The summed E-state index contributed by atoms with van der Waals surface area (Å²) in [6.07, 6.45) is 2.33. The third-order valence-electron chi connectivity index (χ3n) is 4.49. The Hall–Kier alpha value is -1.41. The van der Waals surface area contributed by atoms with Gasteiger partial charge in [-0.25, -0.2) is 4.39 Å². The van der Waals surface area contributed by atoms with E-state index >= 15 is 0 Å². The first-order chi connectivity index (χ1) is 13.1. The van der Waals surface area contributed by atoms with E-state index in [1.807, 2.05) is 0 Å². The van der Waals surface area contributed by atoms with E-state index in [9.17, 15) is 4.39 Å². The molecule has 1 aromatic carbocycles. The van der Waals surface area contributed by atoms with E-state index < -0.39 is 0 Å². The quantitative estimate of drug-likeness (QED) is 0.485. The Bertz CT molecular complexity index is 937. The number of aromatic nitrogens is 3. The first-order valence-electron chi connectivity index (χ1n) is 8.77. The lowest BCUT2D eigenvalue weighted by Gasteiger charge is -2.14. The van der Waals surface area contributed by atoms with Crippen LogP contribution in [-0.2, 0) is 17.0 Å². The van der Waals surface area contributed by atoms with Gasteiger partial charge in [0.15, 0.2) is 11.0 Å². The summed E-state index contributed by atoms with van der Waals surface area (Å²) in [5.41, 5.74) is 1.96. The third kappa shape index (κ3) is 4.37. The summed E-state index contributed by atoms with van der Waals surface area (Å²) in [5, 5.41) is 12.2. The predicted octanol–water partition coefficient (Wildman–Crippen LogP) is 5.58. The minimum atomic E-state index is -0.328. The lowest BCUT2D eigenvalue weighted by Crippen LogP contribution is -2.16. The van der Waals surface area contributed by atoms with Crippen molar-refractivity contribution in [2.24, 2.45) is 0 Å². The van der Waals surface area contributed by atoms with Crippen LogP contribution in [0.3, 0.4) is 0 Å². The van der Waals surface area contributed by atoms with Gasteiger partial charge in [0.05, 0.1) is 12.6 Å². The molecule has 1 fully saturated rings. The van der Waals surface area contributed by atoms with Crippen molar-refractivity contribution in [3.05, 3.63) is 50.9 Å². The number of halogens is 2. The molecule has 1 atom stereocenters. The van der Waals surface area contributed by atoms with Crippen LogP contribution in [0.15, 0.2) is 34.8 Å². The summed E-state index contributed by atoms with van der Waals surface area (Å²) in [6, 6.07) is 6.62. The third-order valence-corrected chi connectivity index (χ3v) is 6.72. The molecule has 0 spiro atoms. The topological polar surface area (TPSA) is 39.9 Å². The van der Waals surface area contributed by atoms with Crippen LogP contribution in [0.25, 0.3) is 11.4 Å². The maximum Gasteiger partial charge on any atom is 0.191 e. The molecule has 27 heavy (non-hydrogen) atoms. The highest BCUT2D eigenvalue weighted by atomic mass is 35.5. The van der Waals surface area contributed by atoms with Crippen molar-refractivity contribution >= 4 is 34.7 Å². The molecule has 0 aliphatic carbocycles. The lowest BCUT2D eigenvalue weighted by atomic mass is 10.2. The summed E-state index contributed by atoms with van der Waals surface area (Å²) in [4.78, 5) is 1.24. The molecule has 1 unspecified atom stereocenters. The van der Waals surface area contributed by atoms with Crippen molar-refractivity contribution in [3.63, 3.8) is 0 Å². The number of thioether (sulfide) groups is 1. The molecule has 4 nitrogen and oxygen atoms in total. The van der Waals surface area contributed by atoms with Gasteiger partial charge in [0, 0.05) is 33.2 Å². The first kappa shape index (κ1) is 18.9. The second-order valence-corrected chi connectivity index (χ2v) is 8.99. The molecule has 1 aliphatic heterocycles. The van der Waals surface area contributed by atoms with Gasteiger partial charge in [0.1, 0.15) is 5.82 Å². The summed E-state index contributed by atoms with van der Waals surface area (Å²) in [7, 11) is 0. The first-order valence-corrected chi connectivity index (χ1v) is 11.0. The van der Waals surface area contributed by atoms with E-state index in [0.717, 1.165) is 48.1 Å². The van der Waals surface area contributed by atoms with Crippen LogP contribution < -0.4 is 0 Å². The smallest absolute Gasteiger partial charge is 0.191 e. The number of benzene rings is 1. The van der Waals surface area contributed by atoms with E-state index in [-0.39, 0.29) is 11.9 Å². The number of hydrogen-bond donors (Lipinski definition) is 0. The van der Waals surface area contributed by atoms with E-state index in [2.05, 4.69) is 33.1 Å². The Balaban J connectivity index is 1.59. The van der Waals surface area contributed by atoms with Crippen LogP contribution >= 0.6 is 34.7 Å². The molecule has 0 amide bonds. The van der Waals surface area contributed by atoms with Crippen LogP contribution in [0.1, 0.15) is 23.3 Å². The monoisotopic (exact) mass is 423 g/mol. The molecule has 3 heterocycles. The highest BCUT2D eigenvalue weighted by Gasteiger charge is 2.22. The molecule has 4 rings (SSSR count). The van der Waals surface area contributed by atoms with Crippen molar-refractivity contribution in [1.82, 2.24) is 14.8 Å². The second kappa shape index (κ2) is 8.31. The van der Waals surface area contributed by atoms with Crippen molar-refractivity contribution in [2.45, 2.75) is 43.3 Å². The maximum atomic E-state index is 13.3. The van der Waals surface area contributed by atoms with E-state index in [4.69, 9.17) is 16.3 Å². The zero-order valence-electron chi connectivity index (χ0n) is 14.8. The van der Waals surface area contributed by atoms with Gasteiger partial charge in [-0.05, 0) is 43.5 Å². The largest absolute Gasteiger partial charge is 0.376 e. The fourth-order valence-electron chi connectivity index (χ4n) is 3.11. The second-order valence-electron chi connectivity index (χ2n) is 6.52. The van der Waals surface area contributed by atoms with Crippen LogP contribution in [0.2, 0.25) is 5.02 Å². The van der Waals surface area contributed by atoms with Gasteiger partial charge >= 0.3 is 0 Å². The number of thiophene rings is 1. The van der Waals surface area contributed by atoms with E-state index in [0.29, 0.717) is 10.8 Å². The van der Waals surface area contributed by atoms with E-state index in [1.54, 1.807) is 29.2 Å². The molecular formula is C19H19ClFN3OS2. The standard InChI is InChI=1S/C19H19ClFN3OS2/c1-12-7-14(11-26-12)18-22-23-19(24(18)9-16-3-2-6-25-16)27-10-13-4-5-15(21)8-17(13)20/h4-5,7-8,11,16H,2-3,6,9-10H2,1H3. The summed E-state index contributed by atoms with van der Waals surface area (Å²) in [6.45, 7) is 3.63. The Labute approximate surface area is 170 Å². The Morgan fingerprint density at radius 3 is 2.96 bits per heavy atom. The molecule has 1 saturated heterocycles. The number of aryl methyl sites for hydroxylation is 1. The molecule has 0 bridgehead atoms. The van der Waals surface area contributed by atoms with Gasteiger partial charge in [-0.2, -0.15) is 0 Å². The van der Waals surface area contributed by atoms with Gasteiger partial charge < -0.3 is 4.74 Å². The molecule has 8 heteroatoms. The minimum absolute atomic E-state index is 0.188. The summed E-state index contributed by atoms with van der Waals surface area (Å²) >= 11 is 9.42. The Morgan fingerprint density at radius 2 is 2.26 bits per heavy atom. The number of hydrogen-bond acceptors (Lipinski definition) is 5. The van der Waals surface area contributed by atoms with Crippen LogP contribution in [0, 0.1) is 12.7 Å². The maximum absolute atomic E-state index is 13.3. The van der Waals surface area contributed by atoms with Crippen molar-refractivity contribution in [3.8, 4) is 11.4 Å². The highest BCUT2D eigenvalue weighted by Crippen LogP contribution is 2.31. The fraction of sp³-hybridized carbons (Fsp3) is 0.368. The van der Waals surface area contributed by atoms with Gasteiger partial charge in [0.2, 0.25) is 0 Å². The Morgan fingerprint density at radius 1 is 1.37 bits per heavy atom. The number of rotatable bonds is 6. The predicted molar refractivity (Wildman–Crippen MR) is 108 cm³/mol. The molecular weight excluding hydrogens is 405 g/mol. The lowest BCUT2D eigenvalue weighted by molar-refractivity contribution is 0.0953. The van der Waals surface area contributed by atoms with Gasteiger partial charge in [0.25, 0.3) is 0 Å². The van der Waals surface area contributed by atoms with Crippen molar-refractivity contribution in [2.75, 3.05) is 6.61 Å². The SMILES string of the molecule is Cc1cc(-c2nnc(SCc3ccc(F)cc3Cl)n2CC2CCCO2)cs1. The zero-order valence-corrected chi connectivity index (χ0v) is 17.2.